The van der Waals surface area contributed by atoms with Crippen molar-refractivity contribution in [3.05, 3.63) is 54.0 Å². The third-order valence-electron chi connectivity index (χ3n) is 5.17. The van der Waals surface area contributed by atoms with E-state index in [1.54, 1.807) is 6.26 Å². The number of guanidine groups is 1. The van der Waals surface area contributed by atoms with Gasteiger partial charge in [0, 0.05) is 31.0 Å². The molecule has 26 heavy (non-hydrogen) atoms. The first kappa shape index (κ1) is 17.0. The van der Waals surface area contributed by atoms with Gasteiger partial charge in [0.2, 0.25) is 0 Å². The maximum Gasteiger partial charge on any atom is 0.191 e. The summed E-state index contributed by atoms with van der Waals surface area (Å²) in [5, 5.41) is 7.29. The summed E-state index contributed by atoms with van der Waals surface area (Å²) in [5.74, 6) is 2.86. The summed E-state index contributed by atoms with van der Waals surface area (Å²) in [5.41, 5.74) is 1.21. The highest BCUT2D eigenvalue weighted by Crippen LogP contribution is 2.31. The first-order chi connectivity index (χ1) is 12.9. The monoisotopic (exact) mass is 353 g/mol. The van der Waals surface area contributed by atoms with Crippen LogP contribution in [0.4, 0.5) is 0 Å². The van der Waals surface area contributed by atoms with E-state index < -0.39 is 0 Å². The molecule has 1 aliphatic carbocycles. The lowest BCUT2D eigenvalue weighted by molar-refractivity contribution is 0.261. The second-order valence-corrected chi connectivity index (χ2v) is 7.06. The van der Waals surface area contributed by atoms with Crippen LogP contribution >= 0.6 is 0 Å². The SMILES string of the molecule is c1coc(CCN=C(NC2CCCC2)NC2CCOc3ccccc32)c1. The molecule has 5 nitrogen and oxygen atoms in total. The molecule has 1 fully saturated rings. The molecule has 4 rings (SSSR count). The zero-order valence-electron chi connectivity index (χ0n) is 15.1. The van der Waals surface area contributed by atoms with Crippen LogP contribution in [0.2, 0.25) is 0 Å². The number of hydrogen-bond donors (Lipinski definition) is 2. The van der Waals surface area contributed by atoms with Crippen molar-refractivity contribution in [1.82, 2.24) is 10.6 Å². The smallest absolute Gasteiger partial charge is 0.191 e. The minimum absolute atomic E-state index is 0.233. The molecular formula is C21H27N3O2. The molecule has 1 aliphatic heterocycles. The molecule has 2 aromatic rings. The van der Waals surface area contributed by atoms with Crippen LogP contribution in [0.5, 0.6) is 5.75 Å². The van der Waals surface area contributed by atoms with Gasteiger partial charge in [0.05, 0.1) is 18.9 Å². The third kappa shape index (κ3) is 4.21. The number of aliphatic imine (C=N–C) groups is 1. The molecule has 1 aromatic carbocycles. The maximum absolute atomic E-state index is 5.79. The number of ether oxygens (including phenoxy) is 1. The lowest BCUT2D eigenvalue weighted by atomic mass is 10.0. The van der Waals surface area contributed by atoms with E-state index in [4.69, 9.17) is 14.1 Å². The second-order valence-electron chi connectivity index (χ2n) is 7.06. The summed E-state index contributed by atoms with van der Waals surface area (Å²) in [7, 11) is 0. The molecule has 1 aromatic heterocycles. The molecule has 0 bridgehead atoms. The fraction of sp³-hybridized carbons (Fsp3) is 0.476. The Bertz CT molecular complexity index is 721. The van der Waals surface area contributed by atoms with E-state index in [-0.39, 0.29) is 6.04 Å². The lowest BCUT2D eigenvalue weighted by Gasteiger charge is -2.29. The zero-order chi connectivity index (χ0) is 17.6. The average Bonchev–Trinajstić information content (AvgIpc) is 3.36. The van der Waals surface area contributed by atoms with E-state index >= 15 is 0 Å². The van der Waals surface area contributed by atoms with Crippen LogP contribution in [0.3, 0.4) is 0 Å². The van der Waals surface area contributed by atoms with Gasteiger partial charge in [0.1, 0.15) is 11.5 Å². The van der Waals surface area contributed by atoms with Gasteiger partial charge in [-0.25, -0.2) is 0 Å². The second kappa shape index (κ2) is 8.30. The Morgan fingerprint density at radius 3 is 2.77 bits per heavy atom. The average molecular weight is 353 g/mol. The minimum Gasteiger partial charge on any atom is -0.493 e. The summed E-state index contributed by atoms with van der Waals surface area (Å²) in [4.78, 5) is 4.82. The van der Waals surface area contributed by atoms with E-state index in [2.05, 4.69) is 22.8 Å². The number of nitrogens with zero attached hydrogens (tertiary/aromatic N) is 1. The molecule has 0 spiro atoms. The largest absolute Gasteiger partial charge is 0.493 e. The quantitative estimate of drug-likeness (QED) is 0.634. The van der Waals surface area contributed by atoms with Crippen molar-refractivity contribution in [3.8, 4) is 5.75 Å². The molecular weight excluding hydrogens is 326 g/mol. The number of benzene rings is 1. The number of fused-ring (bicyclic) bond motifs is 1. The van der Waals surface area contributed by atoms with Crippen molar-refractivity contribution in [1.29, 1.82) is 0 Å². The van der Waals surface area contributed by atoms with E-state index in [0.717, 1.165) is 36.9 Å². The maximum atomic E-state index is 5.79. The summed E-state index contributed by atoms with van der Waals surface area (Å²) in [6, 6.07) is 13.0. The van der Waals surface area contributed by atoms with Crippen molar-refractivity contribution in [2.24, 2.45) is 4.99 Å². The third-order valence-corrected chi connectivity index (χ3v) is 5.17. The number of furan rings is 1. The van der Waals surface area contributed by atoms with Crippen LogP contribution in [-0.2, 0) is 6.42 Å². The normalized spacial score (nSPS) is 20.5. The van der Waals surface area contributed by atoms with Crippen LogP contribution in [0, 0.1) is 0 Å². The Balaban J connectivity index is 1.45. The van der Waals surface area contributed by atoms with Gasteiger partial charge in [-0.05, 0) is 31.0 Å². The number of para-hydroxylation sites is 1. The molecule has 2 aliphatic rings. The van der Waals surface area contributed by atoms with E-state index in [9.17, 15) is 0 Å². The standard InChI is InChI=1S/C21H27N3O2/c1-2-7-16(6-1)23-21(22-13-11-17-8-5-14-25-17)24-19-12-15-26-20-10-4-3-9-18(19)20/h3-5,8-10,14,16,19H,1-2,6-7,11-13,15H2,(H2,22,23,24). The number of nitrogens with one attached hydrogen (secondary N) is 2. The highest BCUT2D eigenvalue weighted by atomic mass is 16.5. The lowest BCUT2D eigenvalue weighted by Crippen LogP contribution is -2.45. The molecule has 1 saturated carbocycles. The fourth-order valence-corrected chi connectivity index (χ4v) is 3.79. The van der Waals surface area contributed by atoms with Crippen LogP contribution in [0.1, 0.15) is 49.5 Å². The summed E-state index contributed by atoms with van der Waals surface area (Å²) >= 11 is 0. The fourth-order valence-electron chi connectivity index (χ4n) is 3.79. The Morgan fingerprint density at radius 2 is 1.92 bits per heavy atom. The topological polar surface area (TPSA) is 58.8 Å². The Labute approximate surface area is 154 Å². The predicted molar refractivity (Wildman–Crippen MR) is 103 cm³/mol. The molecule has 0 saturated heterocycles. The van der Waals surface area contributed by atoms with Gasteiger partial charge in [-0.3, -0.25) is 4.99 Å². The van der Waals surface area contributed by atoms with Gasteiger partial charge in [0.15, 0.2) is 5.96 Å². The molecule has 0 amide bonds. The highest BCUT2D eigenvalue weighted by Gasteiger charge is 2.23. The van der Waals surface area contributed by atoms with Gasteiger partial charge >= 0.3 is 0 Å². The molecule has 2 N–H and O–H groups in total. The first-order valence-electron chi connectivity index (χ1n) is 9.70. The van der Waals surface area contributed by atoms with E-state index in [1.165, 1.54) is 31.2 Å². The molecule has 5 heteroatoms. The molecule has 138 valence electrons. The number of hydrogen-bond acceptors (Lipinski definition) is 3. The van der Waals surface area contributed by atoms with Crippen LogP contribution < -0.4 is 15.4 Å². The summed E-state index contributed by atoms with van der Waals surface area (Å²) in [6.07, 6.45) is 8.53. The zero-order valence-corrected chi connectivity index (χ0v) is 15.1. The highest BCUT2D eigenvalue weighted by molar-refractivity contribution is 5.80. The summed E-state index contributed by atoms with van der Waals surface area (Å²) < 4.78 is 11.2. The van der Waals surface area contributed by atoms with Crippen molar-refractivity contribution in [3.63, 3.8) is 0 Å². The van der Waals surface area contributed by atoms with Crippen LogP contribution in [0.25, 0.3) is 0 Å². The Hall–Kier alpha value is -2.43. The van der Waals surface area contributed by atoms with Crippen molar-refractivity contribution in [2.45, 2.75) is 50.6 Å². The van der Waals surface area contributed by atoms with Crippen molar-refractivity contribution >= 4 is 5.96 Å². The number of rotatable bonds is 5. The molecule has 1 atom stereocenters. The Morgan fingerprint density at radius 1 is 1.04 bits per heavy atom. The van der Waals surface area contributed by atoms with Gasteiger partial charge in [-0.1, -0.05) is 31.0 Å². The van der Waals surface area contributed by atoms with Gasteiger partial charge in [0.25, 0.3) is 0 Å². The van der Waals surface area contributed by atoms with Crippen LogP contribution in [0.15, 0.2) is 52.1 Å². The van der Waals surface area contributed by atoms with Gasteiger partial charge < -0.3 is 19.8 Å². The Kier molecular flexibility index (Phi) is 5.43. The predicted octanol–water partition coefficient (Wildman–Crippen LogP) is 3.82. The van der Waals surface area contributed by atoms with Gasteiger partial charge in [-0.2, -0.15) is 0 Å². The molecule has 2 heterocycles. The molecule has 1 unspecified atom stereocenters. The van der Waals surface area contributed by atoms with E-state index in [1.807, 2.05) is 24.3 Å². The first-order valence-corrected chi connectivity index (χ1v) is 9.70. The van der Waals surface area contributed by atoms with Crippen LogP contribution in [-0.4, -0.2) is 25.2 Å². The minimum atomic E-state index is 0.233. The van der Waals surface area contributed by atoms with Gasteiger partial charge in [-0.15, -0.1) is 0 Å². The molecule has 0 radical (unpaired) electrons. The summed E-state index contributed by atoms with van der Waals surface area (Å²) in [6.45, 7) is 1.44. The van der Waals surface area contributed by atoms with Crippen molar-refractivity contribution in [2.75, 3.05) is 13.2 Å². The van der Waals surface area contributed by atoms with E-state index in [0.29, 0.717) is 12.6 Å². The van der Waals surface area contributed by atoms with Crippen molar-refractivity contribution < 1.29 is 9.15 Å².